The summed E-state index contributed by atoms with van der Waals surface area (Å²) in [4.78, 5) is 0. The molecule has 0 heterocycles. The van der Waals surface area contributed by atoms with Gasteiger partial charge in [-0.3, -0.25) is 0 Å². The van der Waals surface area contributed by atoms with Crippen LogP contribution in [0.2, 0.25) is 0 Å². The fourth-order valence-electron chi connectivity index (χ4n) is 1.16. The molecule has 1 rings (SSSR count). The van der Waals surface area contributed by atoms with Gasteiger partial charge in [-0.25, -0.2) is 0 Å². The van der Waals surface area contributed by atoms with Crippen LogP contribution in [-0.4, -0.2) is 7.11 Å². The quantitative estimate of drug-likeness (QED) is 0.675. The van der Waals surface area contributed by atoms with Crippen molar-refractivity contribution in [1.82, 2.24) is 0 Å². The van der Waals surface area contributed by atoms with Crippen LogP contribution < -0.4 is 4.74 Å². The molecule has 0 saturated carbocycles. The highest BCUT2D eigenvalue weighted by molar-refractivity contribution is 5.35. The molecule has 0 N–H and O–H groups in total. The summed E-state index contributed by atoms with van der Waals surface area (Å²) in [6.07, 6.45) is 1.09. The minimum atomic E-state index is 0.974. The Labute approximate surface area is 81.7 Å². The van der Waals surface area contributed by atoms with Crippen LogP contribution in [0.15, 0.2) is 18.2 Å². The number of methoxy groups -OCH3 is 1. The summed E-state index contributed by atoms with van der Waals surface area (Å²) in [5.41, 5.74) is 2.58. The number of ether oxygens (including phenoxy) is 1. The van der Waals surface area contributed by atoms with E-state index in [2.05, 4.69) is 26.0 Å². The molecular formula is C12H20O. The van der Waals surface area contributed by atoms with Gasteiger partial charge in [0.2, 0.25) is 0 Å². The van der Waals surface area contributed by atoms with Gasteiger partial charge in [-0.2, -0.15) is 0 Å². The molecule has 0 amide bonds. The van der Waals surface area contributed by atoms with Gasteiger partial charge in [-0.15, -0.1) is 0 Å². The van der Waals surface area contributed by atoms with Crippen molar-refractivity contribution in [3.05, 3.63) is 29.3 Å². The highest BCUT2D eigenvalue weighted by atomic mass is 16.5. The van der Waals surface area contributed by atoms with Crippen molar-refractivity contribution in [3.8, 4) is 5.75 Å². The summed E-state index contributed by atoms with van der Waals surface area (Å²) in [5, 5.41) is 0. The number of rotatable bonds is 2. The monoisotopic (exact) mass is 180 g/mol. The minimum absolute atomic E-state index is 0.974. The van der Waals surface area contributed by atoms with Crippen LogP contribution in [0.5, 0.6) is 5.75 Å². The molecule has 0 bridgehead atoms. The van der Waals surface area contributed by atoms with E-state index < -0.39 is 0 Å². The van der Waals surface area contributed by atoms with Crippen molar-refractivity contribution in [2.45, 2.75) is 34.1 Å². The molecule has 0 radical (unpaired) electrons. The molecule has 0 aliphatic rings. The first-order valence-corrected chi connectivity index (χ1v) is 4.91. The van der Waals surface area contributed by atoms with Crippen LogP contribution >= 0.6 is 0 Å². The molecule has 0 fully saturated rings. The number of hydrogen-bond acceptors (Lipinski definition) is 1. The van der Waals surface area contributed by atoms with Gasteiger partial charge in [-0.1, -0.05) is 32.9 Å². The van der Waals surface area contributed by atoms with Crippen molar-refractivity contribution >= 4 is 0 Å². The first-order chi connectivity index (χ1) is 6.27. The zero-order chi connectivity index (χ0) is 10.3. The van der Waals surface area contributed by atoms with E-state index in [9.17, 15) is 0 Å². The first-order valence-electron chi connectivity index (χ1n) is 4.91. The number of benzene rings is 1. The van der Waals surface area contributed by atoms with Crippen LogP contribution in [-0.2, 0) is 6.42 Å². The molecule has 0 unspecified atom stereocenters. The van der Waals surface area contributed by atoms with Crippen LogP contribution in [0.1, 0.15) is 31.9 Å². The van der Waals surface area contributed by atoms with Gasteiger partial charge in [0.1, 0.15) is 5.75 Å². The highest BCUT2D eigenvalue weighted by Crippen LogP contribution is 2.18. The highest BCUT2D eigenvalue weighted by Gasteiger charge is 1.96. The second kappa shape index (κ2) is 6.53. The van der Waals surface area contributed by atoms with E-state index in [-0.39, 0.29) is 0 Å². The maximum Gasteiger partial charge on any atom is 0.121 e. The van der Waals surface area contributed by atoms with Gasteiger partial charge in [0.25, 0.3) is 0 Å². The molecule has 0 aromatic heterocycles. The second-order valence-corrected chi connectivity index (χ2v) is 2.66. The Bertz CT molecular complexity index is 241. The molecule has 13 heavy (non-hydrogen) atoms. The third kappa shape index (κ3) is 3.49. The molecule has 0 saturated heterocycles. The lowest BCUT2D eigenvalue weighted by atomic mass is 10.1. The van der Waals surface area contributed by atoms with Crippen molar-refractivity contribution < 1.29 is 4.74 Å². The van der Waals surface area contributed by atoms with E-state index in [4.69, 9.17) is 4.74 Å². The number of hydrogen-bond donors (Lipinski definition) is 0. The van der Waals surface area contributed by atoms with E-state index in [1.165, 1.54) is 11.1 Å². The fourth-order valence-corrected chi connectivity index (χ4v) is 1.16. The Morgan fingerprint density at radius 1 is 1.23 bits per heavy atom. The molecule has 1 aromatic carbocycles. The Kier molecular flexibility index (Phi) is 6.03. The first kappa shape index (κ1) is 12.0. The summed E-state index contributed by atoms with van der Waals surface area (Å²) < 4.78 is 5.14. The maximum absolute atomic E-state index is 5.14. The van der Waals surface area contributed by atoms with Crippen LogP contribution in [0.4, 0.5) is 0 Å². The van der Waals surface area contributed by atoms with Gasteiger partial charge in [0.15, 0.2) is 0 Å². The van der Waals surface area contributed by atoms with Crippen molar-refractivity contribution in [2.75, 3.05) is 7.11 Å². The zero-order valence-corrected chi connectivity index (χ0v) is 9.35. The van der Waals surface area contributed by atoms with Crippen molar-refractivity contribution in [3.63, 3.8) is 0 Å². The van der Waals surface area contributed by atoms with Gasteiger partial charge in [-0.05, 0) is 30.5 Å². The minimum Gasteiger partial charge on any atom is -0.496 e. The van der Waals surface area contributed by atoms with E-state index in [0.717, 1.165) is 12.2 Å². The van der Waals surface area contributed by atoms with E-state index in [1.807, 2.05) is 19.9 Å². The lowest BCUT2D eigenvalue weighted by Crippen LogP contribution is -1.88. The summed E-state index contributed by atoms with van der Waals surface area (Å²) >= 11 is 0. The zero-order valence-electron chi connectivity index (χ0n) is 9.35. The Morgan fingerprint density at radius 2 is 1.85 bits per heavy atom. The summed E-state index contributed by atoms with van der Waals surface area (Å²) in [6.45, 7) is 8.22. The molecule has 0 aliphatic carbocycles. The normalized spacial score (nSPS) is 8.69. The summed E-state index contributed by atoms with van der Waals surface area (Å²) in [7, 11) is 1.70. The largest absolute Gasteiger partial charge is 0.496 e. The van der Waals surface area contributed by atoms with Crippen LogP contribution in [0.3, 0.4) is 0 Å². The predicted octanol–water partition coefficient (Wildman–Crippen LogP) is 3.59. The molecule has 0 spiro atoms. The maximum atomic E-state index is 5.14. The van der Waals surface area contributed by atoms with Crippen molar-refractivity contribution in [2.24, 2.45) is 0 Å². The average molecular weight is 180 g/mol. The standard InChI is InChI=1S/C10H14O.C2H6/c1-4-9-5-6-10(11-3)8(2)7-9;1-2/h5-7H,4H2,1-3H3;1-2H3. The smallest absolute Gasteiger partial charge is 0.121 e. The topological polar surface area (TPSA) is 9.23 Å². The SMILES string of the molecule is CC.CCc1ccc(OC)c(C)c1. The van der Waals surface area contributed by atoms with Gasteiger partial charge in [0, 0.05) is 0 Å². The van der Waals surface area contributed by atoms with Crippen LogP contribution in [0, 0.1) is 6.92 Å². The molecular weight excluding hydrogens is 160 g/mol. The Hall–Kier alpha value is -0.980. The molecule has 0 aliphatic heterocycles. The Balaban J connectivity index is 0.000000671. The molecule has 0 atom stereocenters. The number of aryl methyl sites for hydroxylation is 2. The van der Waals surface area contributed by atoms with Crippen molar-refractivity contribution in [1.29, 1.82) is 0 Å². The van der Waals surface area contributed by atoms with Gasteiger partial charge >= 0.3 is 0 Å². The molecule has 1 nitrogen and oxygen atoms in total. The van der Waals surface area contributed by atoms with Gasteiger partial charge < -0.3 is 4.74 Å². The molecule has 1 aromatic rings. The summed E-state index contributed by atoms with van der Waals surface area (Å²) in [6, 6.07) is 6.29. The third-order valence-electron chi connectivity index (χ3n) is 1.87. The second-order valence-electron chi connectivity index (χ2n) is 2.66. The Morgan fingerprint density at radius 3 is 2.23 bits per heavy atom. The van der Waals surface area contributed by atoms with Crippen LogP contribution in [0.25, 0.3) is 0 Å². The fraction of sp³-hybridized carbons (Fsp3) is 0.500. The van der Waals surface area contributed by atoms with E-state index in [0.29, 0.717) is 0 Å². The molecule has 1 heteroatoms. The van der Waals surface area contributed by atoms with Gasteiger partial charge in [0.05, 0.1) is 7.11 Å². The lowest BCUT2D eigenvalue weighted by Gasteiger charge is -2.05. The summed E-state index contributed by atoms with van der Waals surface area (Å²) in [5.74, 6) is 0.974. The van der Waals surface area contributed by atoms with E-state index >= 15 is 0 Å². The van der Waals surface area contributed by atoms with E-state index in [1.54, 1.807) is 7.11 Å². The predicted molar refractivity (Wildman–Crippen MR) is 58.5 cm³/mol. The molecule has 74 valence electrons. The lowest BCUT2D eigenvalue weighted by molar-refractivity contribution is 0.411. The third-order valence-corrected chi connectivity index (χ3v) is 1.87. The average Bonchev–Trinajstić information content (AvgIpc) is 2.20.